The lowest BCUT2D eigenvalue weighted by Crippen LogP contribution is -2.40. The standard InChI is InChI=1S/C21H26N2O6/c1-27-17-7-5-4-6-15(17)23-20(24)13-16(21(25)26)22-11-10-14-8-9-18(28-2)19(12-14)29-3/h4-9,12,16,22H,10-11,13H2,1-3H3,(H,23,24)(H,25,26). The Hall–Kier alpha value is -3.26. The second-order valence-electron chi connectivity index (χ2n) is 6.24. The van der Waals surface area contributed by atoms with Gasteiger partial charge in [0.15, 0.2) is 11.5 Å². The van der Waals surface area contributed by atoms with Gasteiger partial charge < -0.3 is 30.0 Å². The van der Waals surface area contributed by atoms with Crippen LogP contribution in [0.4, 0.5) is 5.69 Å². The van der Waals surface area contributed by atoms with Gasteiger partial charge in [-0.05, 0) is 42.8 Å². The number of nitrogens with one attached hydrogen (secondary N) is 2. The molecule has 29 heavy (non-hydrogen) atoms. The van der Waals surface area contributed by atoms with Gasteiger partial charge in [0.1, 0.15) is 11.8 Å². The first-order valence-corrected chi connectivity index (χ1v) is 9.08. The molecule has 1 atom stereocenters. The van der Waals surface area contributed by atoms with Gasteiger partial charge in [0.2, 0.25) is 5.91 Å². The number of rotatable bonds is 11. The van der Waals surface area contributed by atoms with Crippen molar-refractivity contribution in [2.24, 2.45) is 0 Å². The largest absolute Gasteiger partial charge is 0.495 e. The molecule has 1 unspecified atom stereocenters. The molecule has 0 bridgehead atoms. The lowest BCUT2D eigenvalue weighted by molar-refractivity contribution is -0.141. The molecule has 8 heteroatoms. The molecule has 0 aliphatic heterocycles. The van der Waals surface area contributed by atoms with Crippen LogP contribution in [0.15, 0.2) is 42.5 Å². The zero-order valence-corrected chi connectivity index (χ0v) is 16.7. The van der Waals surface area contributed by atoms with Crippen molar-refractivity contribution in [3.05, 3.63) is 48.0 Å². The number of hydrogen-bond acceptors (Lipinski definition) is 6. The second-order valence-corrected chi connectivity index (χ2v) is 6.24. The van der Waals surface area contributed by atoms with Crippen LogP contribution in [-0.2, 0) is 16.0 Å². The highest BCUT2D eigenvalue weighted by Crippen LogP contribution is 2.27. The maximum Gasteiger partial charge on any atom is 0.321 e. The first-order chi connectivity index (χ1) is 14.0. The van der Waals surface area contributed by atoms with Crippen LogP contribution < -0.4 is 24.8 Å². The number of aliphatic carboxylic acids is 1. The molecule has 0 aliphatic carbocycles. The summed E-state index contributed by atoms with van der Waals surface area (Å²) >= 11 is 0. The first-order valence-electron chi connectivity index (χ1n) is 9.08. The van der Waals surface area contributed by atoms with E-state index in [1.54, 1.807) is 44.6 Å². The van der Waals surface area contributed by atoms with Crippen molar-refractivity contribution < 1.29 is 28.9 Å². The number of ether oxygens (including phenoxy) is 3. The predicted octanol–water partition coefficient (Wildman–Crippen LogP) is 2.33. The Bertz CT molecular complexity index is 840. The molecule has 0 radical (unpaired) electrons. The Morgan fingerprint density at radius 3 is 2.31 bits per heavy atom. The Balaban J connectivity index is 1.91. The van der Waals surface area contributed by atoms with Crippen molar-refractivity contribution in [1.29, 1.82) is 0 Å². The van der Waals surface area contributed by atoms with Crippen LogP contribution in [0.1, 0.15) is 12.0 Å². The molecule has 0 aromatic heterocycles. The van der Waals surface area contributed by atoms with E-state index in [2.05, 4.69) is 10.6 Å². The predicted molar refractivity (Wildman–Crippen MR) is 109 cm³/mol. The quantitative estimate of drug-likeness (QED) is 0.530. The van der Waals surface area contributed by atoms with Crippen molar-refractivity contribution >= 4 is 17.6 Å². The molecule has 0 saturated carbocycles. The molecular weight excluding hydrogens is 376 g/mol. The Kier molecular flexibility index (Phi) is 8.29. The molecule has 156 valence electrons. The number of carboxylic acids is 1. The molecule has 0 spiro atoms. The van der Waals surface area contributed by atoms with Gasteiger partial charge in [-0.25, -0.2) is 0 Å². The summed E-state index contributed by atoms with van der Waals surface area (Å²) in [5, 5.41) is 15.0. The average molecular weight is 402 g/mol. The highest BCUT2D eigenvalue weighted by Gasteiger charge is 2.21. The molecule has 3 N–H and O–H groups in total. The van der Waals surface area contributed by atoms with Gasteiger partial charge in [-0.15, -0.1) is 0 Å². The van der Waals surface area contributed by atoms with Crippen molar-refractivity contribution in [2.45, 2.75) is 18.9 Å². The van der Waals surface area contributed by atoms with E-state index >= 15 is 0 Å². The molecule has 2 aromatic carbocycles. The summed E-state index contributed by atoms with van der Waals surface area (Å²) in [6.45, 7) is 0.383. The third kappa shape index (κ3) is 6.39. The summed E-state index contributed by atoms with van der Waals surface area (Å²) in [5.41, 5.74) is 1.45. The highest BCUT2D eigenvalue weighted by molar-refractivity contribution is 5.95. The monoisotopic (exact) mass is 402 g/mol. The number of hydrogen-bond donors (Lipinski definition) is 3. The molecular formula is C21H26N2O6. The normalized spacial score (nSPS) is 11.4. The van der Waals surface area contributed by atoms with E-state index in [-0.39, 0.29) is 6.42 Å². The SMILES string of the molecule is COc1ccccc1NC(=O)CC(NCCc1ccc(OC)c(OC)c1)C(=O)O. The minimum atomic E-state index is -1.09. The van der Waals surface area contributed by atoms with Crippen molar-refractivity contribution in [1.82, 2.24) is 5.32 Å². The molecule has 0 fully saturated rings. The van der Waals surface area contributed by atoms with E-state index in [1.165, 1.54) is 7.11 Å². The van der Waals surface area contributed by atoms with E-state index in [0.717, 1.165) is 5.56 Å². The molecule has 1 amide bonds. The molecule has 2 aromatic rings. The number of anilines is 1. The lowest BCUT2D eigenvalue weighted by Gasteiger charge is -2.16. The van der Waals surface area contributed by atoms with Crippen molar-refractivity contribution in [3.8, 4) is 17.2 Å². The van der Waals surface area contributed by atoms with Crippen LogP contribution in [0.2, 0.25) is 0 Å². The van der Waals surface area contributed by atoms with Crippen LogP contribution in [0.5, 0.6) is 17.2 Å². The summed E-state index contributed by atoms with van der Waals surface area (Å²) in [6, 6.07) is 11.5. The zero-order chi connectivity index (χ0) is 21.2. The van der Waals surface area contributed by atoms with Crippen molar-refractivity contribution in [3.63, 3.8) is 0 Å². The number of carboxylic acid groups (broad SMARTS) is 1. The molecule has 2 rings (SSSR count). The lowest BCUT2D eigenvalue weighted by atomic mass is 10.1. The number of carbonyl (C=O) groups is 2. The van der Waals surface area contributed by atoms with Crippen LogP contribution in [0.25, 0.3) is 0 Å². The van der Waals surface area contributed by atoms with E-state index in [1.807, 2.05) is 12.1 Å². The fourth-order valence-corrected chi connectivity index (χ4v) is 2.81. The third-order valence-electron chi connectivity index (χ3n) is 4.32. The van der Waals surface area contributed by atoms with Crippen LogP contribution in [0, 0.1) is 0 Å². The number of methoxy groups -OCH3 is 3. The van der Waals surface area contributed by atoms with Gasteiger partial charge >= 0.3 is 5.97 Å². The third-order valence-corrected chi connectivity index (χ3v) is 4.32. The Morgan fingerprint density at radius 1 is 0.966 bits per heavy atom. The number of amides is 1. The molecule has 0 aliphatic rings. The van der Waals surface area contributed by atoms with Gasteiger partial charge in [-0.1, -0.05) is 18.2 Å². The summed E-state index contributed by atoms with van der Waals surface area (Å²) in [7, 11) is 4.62. The van der Waals surface area contributed by atoms with Gasteiger partial charge in [0, 0.05) is 0 Å². The second kappa shape index (κ2) is 10.9. The van der Waals surface area contributed by atoms with Crippen LogP contribution >= 0.6 is 0 Å². The Morgan fingerprint density at radius 2 is 1.66 bits per heavy atom. The minimum absolute atomic E-state index is 0.209. The summed E-state index contributed by atoms with van der Waals surface area (Å²) in [4.78, 5) is 23.8. The molecule has 0 saturated heterocycles. The summed E-state index contributed by atoms with van der Waals surface area (Å²) in [5.74, 6) is 0.235. The van der Waals surface area contributed by atoms with E-state index < -0.39 is 17.9 Å². The van der Waals surface area contributed by atoms with E-state index in [9.17, 15) is 14.7 Å². The highest BCUT2D eigenvalue weighted by atomic mass is 16.5. The van der Waals surface area contributed by atoms with Gasteiger partial charge in [0.05, 0.1) is 33.4 Å². The fourth-order valence-electron chi connectivity index (χ4n) is 2.81. The van der Waals surface area contributed by atoms with Crippen LogP contribution in [0.3, 0.4) is 0 Å². The molecule has 8 nitrogen and oxygen atoms in total. The Labute approximate surface area is 169 Å². The summed E-state index contributed by atoms with van der Waals surface area (Å²) in [6.07, 6.45) is 0.359. The van der Waals surface area contributed by atoms with Gasteiger partial charge in [0.25, 0.3) is 0 Å². The van der Waals surface area contributed by atoms with Gasteiger partial charge in [-0.3, -0.25) is 9.59 Å². The zero-order valence-electron chi connectivity index (χ0n) is 16.7. The topological polar surface area (TPSA) is 106 Å². The number of para-hydroxylation sites is 2. The maximum absolute atomic E-state index is 12.3. The van der Waals surface area contributed by atoms with Crippen LogP contribution in [-0.4, -0.2) is 50.9 Å². The fraction of sp³-hybridized carbons (Fsp3) is 0.333. The van der Waals surface area contributed by atoms with E-state index in [0.29, 0.717) is 35.9 Å². The number of carbonyl (C=O) groups excluding carboxylic acids is 1. The minimum Gasteiger partial charge on any atom is -0.495 e. The first kappa shape index (κ1) is 22.0. The number of benzene rings is 2. The summed E-state index contributed by atoms with van der Waals surface area (Å²) < 4.78 is 15.7. The smallest absolute Gasteiger partial charge is 0.321 e. The maximum atomic E-state index is 12.3. The molecule has 0 heterocycles. The van der Waals surface area contributed by atoms with E-state index in [4.69, 9.17) is 14.2 Å². The van der Waals surface area contributed by atoms with Gasteiger partial charge in [-0.2, -0.15) is 0 Å². The van der Waals surface area contributed by atoms with Crippen molar-refractivity contribution in [2.75, 3.05) is 33.2 Å². The average Bonchev–Trinajstić information content (AvgIpc) is 2.73.